The van der Waals surface area contributed by atoms with Crippen LogP contribution in [-0.4, -0.2) is 18.2 Å². The molecule has 0 aliphatic carbocycles. The van der Waals surface area contributed by atoms with Gasteiger partial charge in [-0.15, -0.1) is 23.1 Å². The average molecular weight is 306 g/mol. The van der Waals surface area contributed by atoms with Crippen LogP contribution in [0.2, 0.25) is 0 Å². The van der Waals surface area contributed by atoms with Crippen LogP contribution in [0.5, 0.6) is 5.75 Å². The van der Waals surface area contributed by atoms with E-state index in [9.17, 15) is 4.79 Å². The number of hydrogen-bond donors (Lipinski definition) is 1. The lowest BCUT2D eigenvalue weighted by Gasteiger charge is -2.02. The summed E-state index contributed by atoms with van der Waals surface area (Å²) in [7, 11) is 1.65. The maximum Gasteiger partial charge on any atom is 0.328 e. The molecule has 0 saturated carbocycles. The Balaban J connectivity index is 1.91. The van der Waals surface area contributed by atoms with Gasteiger partial charge in [0.25, 0.3) is 0 Å². The van der Waals surface area contributed by atoms with Crippen molar-refractivity contribution in [3.05, 3.63) is 52.2 Å². The summed E-state index contributed by atoms with van der Waals surface area (Å²) < 4.78 is 5.12. The van der Waals surface area contributed by atoms with E-state index in [-0.39, 0.29) is 0 Å². The maximum atomic E-state index is 10.4. The van der Waals surface area contributed by atoms with E-state index in [4.69, 9.17) is 9.84 Å². The van der Waals surface area contributed by atoms with Crippen molar-refractivity contribution in [2.75, 3.05) is 7.11 Å². The Hall–Kier alpha value is -1.72. The Morgan fingerprint density at radius 1 is 1.30 bits per heavy atom. The molecule has 0 amide bonds. The van der Waals surface area contributed by atoms with Crippen LogP contribution in [0, 0.1) is 0 Å². The highest BCUT2D eigenvalue weighted by atomic mass is 32.2. The summed E-state index contributed by atoms with van der Waals surface area (Å²) in [4.78, 5) is 13.8. The first-order chi connectivity index (χ1) is 9.67. The minimum absolute atomic E-state index is 0.853. The van der Waals surface area contributed by atoms with E-state index in [0.717, 1.165) is 22.5 Å². The molecule has 0 saturated heterocycles. The minimum Gasteiger partial charge on any atom is -0.497 e. The second-order valence-electron chi connectivity index (χ2n) is 3.94. The zero-order chi connectivity index (χ0) is 14.4. The zero-order valence-corrected chi connectivity index (χ0v) is 12.5. The number of carboxylic acid groups (broad SMARTS) is 1. The van der Waals surface area contributed by atoms with Gasteiger partial charge in [-0.2, -0.15) is 0 Å². The molecule has 1 N–H and O–H groups in total. The lowest BCUT2D eigenvalue weighted by atomic mass is 10.3. The van der Waals surface area contributed by atoms with Gasteiger partial charge in [0, 0.05) is 26.5 Å². The predicted molar refractivity (Wildman–Crippen MR) is 83.5 cm³/mol. The normalized spacial score (nSPS) is 10.8. The van der Waals surface area contributed by atoms with E-state index >= 15 is 0 Å². The molecule has 0 aliphatic rings. The molecule has 0 atom stereocenters. The smallest absolute Gasteiger partial charge is 0.328 e. The van der Waals surface area contributed by atoms with Crippen LogP contribution in [0.4, 0.5) is 0 Å². The number of carbonyl (C=O) groups is 1. The molecule has 3 nitrogen and oxygen atoms in total. The van der Waals surface area contributed by atoms with Gasteiger partial charge in [-0.1, -0.05) is 0 Å². The van der Waals surface area contributed by atoms with Crippen LogP contribution in [0.15, 0.2) is 47.4 Å². The summed E-state index contributed by atoms with van der Waals surface area (Å²) in [6.07, 6.45) is 2.78. The van der Waals surface area contributed by atoms with Crippen LogP contribution in [0.1, 0.15) is 9.75 Å². The molecule has 0 aliphatic heterocycles. The van der Waals surface area contributed by atoms with Crippen molar-refractivity contribution in [2.24, 2.45) is 0 Å². The molecular weight excluding hydrogens is 292 g/mol. The summed E-state index contributed by atoms with van der Waals surface area (Å²) in [6, 6.07) is 11.9. The fourth-order valence-electron chi connectivity index (χ4n) is 1.54. The van der Waals surface area contributed by atoms with Crippen molar-refractivity contribution in [1.82, 2.24) is 0 Å². The molecular formula is C15H14O3S2. The second kappa shape index (κ2) is 7.17. The van der Waals surface area contributed by atoms with Crippen molar-refractivity contribution in [2.45, 2.75) is 10.6 Å². The van der Waals surface area contributed by atoms with Crippen molar-refractivity contribution >= 4 is 35.1 Å². The number of carboxylic acids is 1. The van der Waals surface area contributed by atoms with E-state index in [1.807, 2.05) is 36.4 Å². The average Bonchev–Trinajstić information content (AvgIpc) is 2.91. The summed E-state index contributed by atoms with van der Waals surface area (Å²) in [5.74, 6) is 0.803. The highest BCUT2D eigenvalue weighted by molar-refractivity contribution is 7.98. The molecule has 2 aromatic rings. The van der Waals surface area contributed by atoms with E-state index in [2.05, 4.69) is 0 Å². The monoisotopic (exact) mass is 306 g/mol. The molecule has 20 heavy (non-hydrogen) atoms. The molecule has 0 radical (unpaired) electrons. The summed E-state index contributed by atoms with van der Waals surface area (Å²) in [6.45, 7) is 0. The van der Waals surface area contributed by atoms with Crippen LogP contribution in [0.3, 0.4) is 0 Å². The SMILES string of the molecule is COc1ccc(SCc2ccc(C=CC(=O)O)s2)cc1. The minimum atomic E-state index is -0.924. The molecule has 0 spiro atoms. The first-order valence-corrected chi connectivity index (χ1v) is 7.74. The molecule has 5 heteroatoms. The van der Waals surface area contributed by atoms with Gasteiger partial charge in [0.05, 0.1) is 7.11 Å². The number of thiophene rings is 1. The van der Waals surface area contributed by atoms with E-state index in [1.165, 1.54) is 9.77 Å². The maximum absolute atomic E-state index is 10.4. The quantitative estimate of drug-likeness (QED) is 0.643. The van der Waals surface area contributed by atoms with Crippen molar-refractivity contribution in [3.8, 4) is 5.75 Å². The Morgan fingerprint density at radius 3 is 2.70 bits per heavy atom. The van der Waals surface area contributed by atoms with Crippen LogP contribution in [0.25, 0.3) is 6.08 Å². The molecule has 0 bridgehead atoms. The van der Waals surface area contributed by atoms with Gasteiger partial charge in [-0.3, -0.25) is 0 Å². The molecule has 0 fully saturated rings. The molecule has 104 valence electrons. The fraction of sp³-hybridized carbons (Fsp3) is 0.133. The standard InChI is InChI=1S/C15H14O3S2/c1-18-11-2-4-12(5-3-11)19-10-14-7-6-13(20-14)8-9-15(16)17/h2-9H,10H2,1H3,(H,16,17). The molecule has 2 rings (SSSR count). The number of aliphatic carboxylic acids is 1. The van der Waals surface area contributed by atoms with Crippen LogP contribution in [-0.2, 0) is 10.5 Å². The fourth-order valence-corrected chi connectivity index (χ4v) is 3.40. The highest BCUT2D eigenvalue weighted by Crippen LogP contribution is 2.28. The Morgan fingerprint density at radius 2 is 2.05 bits per heavy atom. The van der Waals surface area contributed by atoms with Gasteiger partial charge in [-0.25, -0.2) is 4.79 Å². The van der Waals surface area contributed by atoms with Crippen molar-refractivity contribution in [3.63, 3.8) is 0 Å². The summed E-state index contributed by atoms with van der Waals surface area (Å²) in [5.41, 5.74) is 0. The highest BCUT2D eigenvalue weighted by Gasteiger charge is 2.01. The van der Waals surface area contributed by atoms with Gasteiger partial charge in [0.15, 0.2) is 0 Å². The first kappa shape index (κ1) is 14.7. The molecule has 1 aromatic carbocycles. The molecule has 1 heterocycles. The largest absolute Gasteiger partial charge is 0.497 e. The third-order valence-electron chi connectivity index (χ3n) is 2.51. The molecule has 1 aromatic heterocycles. The Kier molecular flexibility index (Phi) is 5.26. The van der Waals surface area contributed by atoms with E-state index in [1.54, 1.807) is 36.3 Å². The van der Waals surface area contributed by atoms with Gasteiger partial charge in [-0.05, 0) is 42.5 Å². The summed E-state index contributed by atoms with van der Waals surface area (Å²) >= 11 is 3.35. The van der Waals surface area contributed by atoms with Crippen LogP contribution >= 0.6 is 23.1 Å². The number of ether oxygens (including phenoxy) is 1. The Bertz CT molecular complexity index is 600. The van der Waals surface area contributed by atoms with Crippen LogP contribution < -0.4 is 4.74 Å². The lowest BCUT2D eigenvalue weighted by molar-refractivity contribution is -0.131. The van der Waals surface area contributed by atoms with Gasteiger partial charge >= 0.3 is 5.97 Å². The van der Waals surface area contributed by atoms with Gasteiger partial charge in [0.2, 0.25) is 0 Å². The first-order valence-electron chi connectivity index (χ1n) is 5.94. The predicted octanol–water partition coefficient (Wildman–Crippen LogP) is 4.15. The number of hydrogen-bond acceptors (Lipinski definition) is 4. The Labute approximate surface area is 125 Å². The number of thioether (sulfide) groups is 1. The topological polar surface area (TPSA) is 46.5 Å². The van der Waals surface area contributed by atoms with E-state index in [0.29, 0.717) is 0 Å². The van der Waals surface area contributed by atoms with Gasteiger partial charge in [0.1, 0.15) is 5.75 Å². The second-order valence-corrected chi connectivity index (χ2v) is 6.19. The van der Waals surface area contributed by atoms with Gasteiger partial charge < -0.3 is 9.84 Å². The van der Waals surface area contributed by atoms with Crippen molar-refractivity contribution in [1.29, 1.82) is 0 Å². The lowest BCUT2D eigenvalue weighted by Crippen LogP contribution is -1.84. The van der Waals surface area contributed by atoms with E-state index < -0.39 is 5.97 Å². The summed E-state index contributed by atoms with van der Waals surface area (Å²) in [5, 5.41) is 8.58. The zero-order valence-electron chi connectivity index (χ0n) is 10.9. The molecule has 0 unspecified atom stereocenters. The number of benzene rings is 1. The van der Waals surface area contributed by atoms with Crippen molar-refractivity contribution < 1.29 is 14.6 Å². The number of methoxy groups -OCH3 is 1. The number of rotatable bonds is 6. The third kappa shape index (κ3) is 4.43. The third-order valence-corrected chi connectivity index (χ3v) is 4.81.